The number of rotatable bonds is 6. The van der Waals surface area contributed by atoms with Crippen molar-refractivity contribution in [3.8, 4) is 0 Å². The first-order valence-electron chi connectivity index (χ1n) is 5.64. The topological polar surface area (TPSA) is 38.9 Å². The largest absolute Gasteiger partial charge is 0.339 e. The van der Waals surface area contributed by atoms with Gasteiger partial charge in [0.15, 0.2) is 5.82 Å². The lowest BCUT2D eigenvalue weighted by Gasteiger charge is -2.09. The smallest absolute Gasteiger partial charge is 0.226 e. The number of hydrogen-bond acceptors (Lipinski definition) is 3. The van der Waals surface area contributed by atoms with Crippen LogP contribution in [0.5, 0.6) is 0 Å². The molecule has 0 spiro atoms. The Morgan fingerprint density at radius 2 is 1.79 bits per heavy atom. The second-order valence-corrected chi connectivity index (χ2v) is 3.67. The molecule has 0 fully saturated rings. The highest BCUT2D eigenvalue weighted by atomic mass is 16.5. The Morgan fingerprint density at radius 3 is 2.21 bits per heavy atom. The molecule has 1 aromatic rings. The maximum atomic E-state index is 5.13. The second kappa shape index (κ2) is 5.78. The second-order valence-electron chi connectivity index (χ2n) is 3.67. The van der Waals surface area contributed by atoms with E-state index in [1.165, 1.54) is 12.8 Å². The lowest BCUT2D eigenvalue weighted by molar-refractivity contribution is 0.369. The van der Waals surface area contributed by atoms with Crippen molar-refractivity contribution < 1.29 is 4.52 Å². The monoisotopic (exact) mass is 196 g/mol. The zero-order valence-corrected chi connectivity index (χ0v) is 9.42. The first kappa shape index (κ1) is 11.2. The van der Waals surface area contributed by atoms with Gasteiger partial charge >= 0.3 is 0 Å². The molecule has 80 valence electrons. The van der Waals surface area contributed by atoms with E-state index in [-0.39, 0.29) is 0 Å². The first-order valence-corrected chi connectivity index (χ1v) is 5.64. The summed E-state index contributed by atoms with van der Waals surface area (Å²) < 4.78 is 5.13. The Bertz CT molecular complexity index is 252. The van der Waals surface area contributed by atoms with Gasteiger partial charge in [-0.15, -0.1) is 0 Å². The van der Waals surface area contributed by atoms with Gasteiger partial charge in [-0.2, -0.15) is 4.98 Å². The predicted molar refractivity (Wildman–Crippen MR) is 56.2 cm³/mol. The van der Waals surface area contributed by atoms with E-state index < -0.39 is 0 Å². The van der Waals surface area contributed by atoms with E-state index in [4.69, 9.17) is 4.52 Å². The van der Waals surface area contributed by atoms with Crippen molar-refractivity contribution in [3.05, 3.63) is 11.7 Å². The molecule has 3 nitrogen and oxygen atoms in total. The molecule has 1 heterocycles. The Kier molecular flexibility index (Phi) is 4.63. The zero-order chi connectivity index (χ0) is 10.4. The van der Waals surface area contributed by atoms with Gasteiger partial charge in [0.25, 0.3) is 0 Å². The van der Waals surface area contributed by atoms with Gasteiger partial charge in [0.05, 0.1) is 0 Å². The molecule has 0 bridgehead atoms. The minimum Gasteiger partial charge on any atom is -0.339 e. The van der Waals surface area contributed by atoms with Crippen molar-refractivity contribution in [1.29, 1.82) is 0 Å². The van der Waals surface area contributed by atoms with Gasteiger partial charge < -0.3 is 4.52 Å². The molecule has 3 heteroatoms. The summed E-state index contributed by atoms with van der Waals surface area (Å²) in [7, 11) is 0. The van der Waals surface area contributed by atoms with Crippen LogP contribution < -0.4 is 0 Å². The summed E-state index contributed by atoms with van der Waals surface area (Å²) in [4.78, 5) is 4.39. The summed E-state index contributed by atoms with van der Waals surface area (Å²) in [6.07, 6.45) is 5.52. The number of hydrogen-bond donors (Lipinski definition) is 0. The molecule has 0 atom stereocenters. The molecule has 1 rings (SSSR count). The molecule has 0 saturated heterocycles. The van der Waals surface area contributed by atoms with Crippen molar-refractivity contribution in [2.45, 2.75) is 58.8 Å². The van der Waals surface area contributed by atoms with Crippen molar-refractivity contribution in [3.63, 3.8) is 0 Å². The van der Waals surface area contributed by atoms with Crippen LogP contribution in [0.2, 0.25) is 0 Å². The molecule has 14 heavy (non-hydrogen) atoms. The van der Waals surface area contributed by atoms with Crippen LogP contribution in [-0.4, -0.2) is 10.1 Å². The molecule has 0 amide bonds. The Balaban J connectivity index is 2.65. The molecular formula is C11H20N2O. The van der Waals surface area contributed by atoms with Gasteiger partial charge in [0.1, 0.15) is 0 Å². The fourth-order valence-corrected chi connectivity index (χ4v) is 1.68. The third-order valence-electron chi connectivity index (χ3n) is 2.43. The maximum Gasteiger partial charge on any atom is 0.226 e. The number of aromatic nitrogens is 2. The average Bonchev–Trinajstić information content (AvgIpc) is 2.65. The first-order chi connectivity index (χ1) is 6.81. The van der Waals surface area contributed by atoms with Crippen LogP contribution in [0, 0.1) is 0 Å². The standard InChI is InChI=1S/C11H20N2O/c1-4-7-9(8-5-2)11-12-10(6-3)14-13-11/h9H,4-8H2,1-3H3. The van der Waals surface area contributed by atoms with E-state index in [0.29, 0.717) is 5.92 Å². The summed E-state index contributed by atoms with van der Waals surface area (Å²) in [5.41, 5.74) is 0. The van der Waals surface area contributed by atoms with Crippen LogP contribution in [0.15, 0.2) is 4.52 Å². The van der Waals surface area contributed by atoms with Crippen LogP contribution in [0.25, 0.3) is 0 Å². The highest BCUT2D eigenvalue weighted by molar-refractivity contribution is 4.95. The minimum absolute atomic E-state index is 0.494. The molecule has 0 aliphatic carbocycles. The predicted octanol–water partition coefficient (Wildman–Crippen LogP) is 3.32. The van der Waals surface area contributed by atoms with Gasteiger partial charge in [-0.1, -0.05) is 38.8 Å². The van der Waals surface area contributed by atoms with Gasteiger partial charge in [0, 0.05) is 12.3 Å². The van der Waals surface area contributed by atoms with E-state index in [1.54, 1.807) is 0 Å². The van der Waals surface area contributed by atoms with Crippen LogP contribution >= 0.6 is 0 Å². The fourth-order valence-electron chi connectivity index (χ4n) is 1.68. The molecule has 0 aliphatic heterocycles. The van der Waals surface area contributed by atoms with E-state index in [0.717, 1.165) is 31.0 Å². The van der Waals surface area contributed by atoms with E-state index in [1.807, 2.05) is 6.92 Å². The average molecular weight is 196 g/mol. The highest BCUT2D eigenvalue weighted by Gasteiger charge is 2.15. The van der Waals surface area contributed by atoms with Gasteiger partial charge in [0.2, 0.25) is 5.89 Å². The van der Waals surface area contributed by atoms with Crippen LogP contribution in [0.4, 0.5) is 0 Å². The highest BCUT2D eigenvalue weighted by Crippen LogP contribution is 2.23. The quantitative estimate of drug-likeness (QED) is 0.700. The maximum absolute atomic E-state index is 5.13. The fraction of sp³-hybridized carbons (Fsp3) is 0.818. The zero-order valence-electron chi connectivity index (χ0n) is 9.42. The molecule has 1 aromatic heterocycles. The minimum atomic E-state index is 0.494. The molecule has 0 saturated carbocycles. The normalized spacial score (nSPS) is 11.1. The third-order valence-corrected chi connectivity index (χ3v) is 2.43. The molecule has 0 unspecified atom stereocenters. The SMILES string of the molecule is CCCC(CCC)c1noc(CC)n1. The summed E-state index contributed by atoms with van der Waals surface area (Å²) in [5, 5.41) is 4.04. The van der Waals surface area contributed by atoms with Crippen LogP contribution in [0.1, 0.15) is 64.1 Å². The molecule has 0 aliphatic rings. The van der Waals surface area contributed by atoms with Gasteiger partial charge in [-0.25, -0.2) is 0 Å². The van der Waals surface area contributed by atoms with Gasteiger partial charge in [-0.3, -0.25) is 0 Å². The van der Waals surface area contributed by atoms with Crippen LogP contribution in [0.3, 0.4) is 0 Å². The van der Waals surface area contributed by atoms with Crippen LogP contribution in [-0.2, 0) is 6.42 Å². The van der Waals surface area contributed by atoms with Crippen molar-refractivity contribution in [2.24, 2.45) is 0 Å². The van der Waals surface area contributed by atoms with E-state index in [2.05, 4.69) is 24.0 Å². The Labute approximate surface area is 85.9 Å². The molecule has 0 N–H and O–H groups in total. The molecule has 0 aromatic carbocycles. The molecule has 0 radical (unpaired) electrons. The van der Waals surface area contributed by atoms with Gasteiger partial charge in [-0.05, 0) is 12.8 Å². The van der Waals surface area contributed by atoms with Crippen molar-refractivity contribution in [2.75, 3.05) is 0 Å². The van der Waals surface area contributed by atoms with E-state index in [9.17, 15) is 0 Å². The summed E-state index contributed by atoms with van der Waals surface area (Å²) in [6.45, 7) is 6.43. The van der Waals surface area contributed by atoms with Crippen molar-refractivity contribution in [1.82, 2.24) is 10.1 Å². The van der Waals surface area contributed by atoms with E-state index >= 15 is 0 Å². The molecular weight excluding hydrogens is 176 g/mol. The summed E-state index contributed by atoms with van der Waals surface area (Å²) >= 11 is 0. The number of nitrogens with zero attached hydrogens (tertiary/aromatic N) is 2. The Morgan fingerprint density at radius 1 is 1.14 bits per heavy atom. The summed E-state index contributed by atoms with van der Waals surface area (Å²) in [5.74, 6) is 2.16. The lowest BCUT2D eigenvalue weighted by Crippen LogP contribution is -2.00. The number of aryl methyl sites for hydroxylation is 1. The van der Waals surface area contributed by atoms with Crippen molar-refractivity contribution >= 4 is 0 Å². The lowest BCUT2D eigenvalue weighted by atomic mass is 9.98. The third kappa shape index (κ3) is 2.82. The Hall–Kier alpha value is -0.860. The summed E-state index contributed by atoms with van der Waals surface area (Å²) in [6, 6.07) is 0.